The molecule has 0 spiro atoms. The van der Waals surface area contributed by atoms with Crippen LogP contribution in [0.1, 0.15) is 25.0 Å². The number of nitrogens with two attached hydrogens (primary N) is 2. The van der Waals surface area contributed by atoms with Crippen LogP contribution in [-0.2, 0) is 17.7 Å². The quantitative estimate of drug-likeness (QED) is 0.518. The van der Waals surface area contributed by atoms with Crippen LogP contribution < -0.4 is 25.8 Å². The third-order valence-electron chi connectivity index (χ3n) is 5.52. The van der Waals surface area contributed by atoms with Gasteiger partial charge in [0.05, 0.1) is 17.0 Å². The molecule has 0 fully saturated rings. The lowest BCUT2D eigenvalue weighted by Crippen LogP contribution is -2.41. The van der Waals surface area contributed by atoms with Gasteiger partial charge in [-0.1, -0.05) is 0 Å². The third-order valence-corrected chi connectivity index (χ3v) is 5.52. The van der Waals surface area contributed by atoms with Crippen LogP contribution in [0.2, 0.25) is 0 Å². The first-order valence-electron chi connectivity index (χ1n) is 9.92. The van der Waals surface area contributed by atoms with E-state index in [0.29, 0.717) is 29.1 Å². The number of hydrogen-bond donors (Lipinski definition) is 2. The number of nitrogens with zero attached hydrogens (tertiary/aromatic N) is 3. The zero-order valence-electron chi connectivity index (χ0n) is 17.4. The van der Waals surface area contributed by atoms with Gasteiger partial charge in [0, 0.05) is 24.1 Å². The van der Waals surface area contributed by atoms with Gasteiger partial charge in [0.1, 0.15) is 30.4 Å². The van der Waals surface area contributed by atoms with Crippen molar-refractivity contribution in [2.45, 2.75) is 45.1 Å². The predicted octanol–water partition coefficient (Wildman–Crippen LogP) is 2.29. The van der Waals surface area contributed by atoms with Crippen molar-refractivity contribution in [2.24, 2.45) is 5.73 Å². The van der Waals surface area contributed by atoms with Gasteiger partial charge in [-0.05, 0) is 26.0 Å². The maximum atomic E-state index is 14.4. The average molecular weight is 447 g/mol. The number of nitro groups is 1. The molecule has 32 heavy (non-hydrogen) atoms. The van der Waals surface area contributed by atoms with Crippen LogP contribution in [-0.4, -0.2) is 40.9 Å². The highest BCUT2D eigenvalue weighted by Crippen LogP contribution is 2.41. The Balaban J connectivity index is 1.66. The van der Waals surface area contributed by atoms with Gasteiger partial charge in [0.15, 0.2) is 11.6 Å². The number of nitrogen functional groups attached to an aromatic ring is 1. The molecule has 2 aromatic rings. The van der Waals surface area contributed by atoms with Gasteiger partial charge >= 0.3 is 11.8 Å². The molecule has 1 aromatic heterocycles. The Morgan fingerprint density at radius 3 is 2.91 bits per heavy atom. The number of carbonyl (C=O) groups excluding carboxylic acids is 1. The molecule has 1 aromatic carbocycles. The molecule has 4 rings (SSSR count). The molecule has 11 nitrogen and oxygen atoms in total. The van der Waals surface area contributed by atoms with Crippen LogP contribution in [0.4, 0.5) is 26.5 Å². The van der Waals surface area contributed by atoms with E-state index in [1.807, 2.05) is 11.8 Å². The Hall–Kier alpha value is -3.83. The van der Waals surface area contributed by atoms with Gasteiger partial charge in [-0.2, -0.15) is 0 Å². The van der Waals surface area contributed by atoms with Crippen molar-refractivity contribution in [1.29, 1.82) is 0 Å². The zero-order chi connectivity index (χ0) is 23.2. The summed E-state index contributed by atoms with van der Waals surface area (Å²) in [6.07, 6.45) is -1.70. The number of pyridine rings is 1. The van der Waals surface area contributed by atoms with Crippen molar-refractivity contribution in [3.63, 3.8) is 0 Å². The van der Waals surface area contributed by atoms with Crippen LogP contribution >= 0.6 is 0 Å². The Labute approximate surface area is 182 Å². The van der Waals surface area contributed by atoms with Gasteiger partial charge in [-0.15, -0.1) is 0 Å². The summed E-state index contributed by atoms with van der Waals surface area (Å²) in [5.74, 6) is 0.356. The zero-order valence-corrected chi connectivity index (χ0v) is 17.4. The van der Waals surface area contributed by atoms with E-state index < -0.39 is 29.0 Å². The maximum absolute atomic E-state index is 14.4. The van der Waals surface area contributed by atoms with E-state index in [1.54, 1.807) is 6.92 Å². The largest absolute Gasteiger partial charge is 0.487 e. The molecule has 4 N–H and O–H groups in total. The third kappa shape index (κ3) is 3.90. The molecule has 0 bridgehead atoms. The average Bonchev–Trinajstić information content (AvgIpc) is 3.13. The summed E-state index contributed by atoms with van der Waals surface area (Å²) in [6.45, 7) is 3.98. The number of hydrogen-bond acceptors (Lipinski definition) is 9. The second-order valence-electron chi connectivity index (χ2n) is 7.82. The molecule has 3 heterocycles. The number of anilines is 2. The molecule has 3 atom stereocenters. The fourth-order valence-corrected chi connectivity index (χ4v) is 3.93. The van der Waals surface area contributed by atoms with Crippen LogP contribution in [0.3, 0.4) is 0 Å². The lowest BCUT2D eigenvalue weighted by atomic mass is 10.0. The Bertz CT molecular complexity index is 1100. The molecular formula is C20H22FN5O6. The number of fused-ring (bicyclic) bond motifs is 2. The predicted molar refractivity (Wildman–Crippen MR) is 111 cm³/mol. The highest BCUT2D eigenvalue weighted by atomic mass is 19.1. The summed E-state index contributed by atoms with van der Waals surface area (Å²) in [7, 11) is 0. The van der Waals surface area contributed by atoms with Crippen molar-refractivity contribution in [1.82, 2.24) is 4.98 Å². The molecule has 1 amide bonds. The summed E-state index contributed by atoms with van der Waals surface area (Å²) >= 11 is 0. The van der Waals surface area contributed by atoms with Crippen molar-refractivity contribution >= 4 is 23.4 Å². The standard InChI is InChI=1S/C20H22FN5O6/c1-9-8-30-16-6-14(26(28)29)18(22)24-19(16)25(9)7-12-4-13(21)3-11-5-15(32-17(11)12)10(2)31-20(23)27/h3-4,6,9-10,15H,5,7-8H2,1-2H3,(H2,22,24)(H2,23,27)/t9-,10-,15?/m1/s1. The highest BCUT2D eigenvalue weighted by molar-refractivity contribution is 5.67. The van der Waals surface area contributed by atoms with E-state index in [4.69, 9.17) is 25.7 Å². The van der Waals surface area contributed by atoms with Gasteiger partial charge in [0.2, 0.25) is 5.82 Å². The van der Waals surface area contributed by atoms with Crippen molar-refractivity contribution in [2.75, 3.05) is 17.2 Å². The van der Waals surface area contributed by atoms with Crippen LogP contribution in [0.25, 0.3) is 0 Å². The van der Waals surface area contributed by atoms with Crippen LogP contribution in [0.15, 0.2) is 18.2 Å². The molecular weight excluding hydrogens is 425 g/mol. The number of halogens is 1. The second kappa shape index (κ2) is 8.02. The van der Waals surface area contributed by atoms with Crippen molar-refractivity contribution < 1.29 is 28.3 Å². The first-order valence-corrected chi connectivity index (χ1v) is 9.92. The molecule has 2 aliphatic heterocycles. The van der Waals surface area contributed by atoms with E-state index in [1.165, 1.54) is 18.2 Å². The number of carbonyl (C=O) groups is 1. The molecule has 0 aliphatic carbocycles. The highest BCUT2D eigenvalue weighted by Gasteiger charge is 2.35. The smallest absolute Gasteiger partial charge is 0.404 e. The Morgan fingerprint density at radius 1 is 1.47 bits per heavy atom. The number of amides is 1. The number of ether oxygens (including phenoxy) is 3. The molecule has 1 unspecified atom stereocenters. The van der Waals surface area contributed by atoms with Crippen LogP contribution in [0.5, 0.6) is 11.5 Å². The minimum Gasteiger partial charge on any atom is -0.487 e. The fraction of sp³-hybridized carbons (Fsp3) is 0.400. The molecule has 0 saturated carbocycles. The van der Waals surface area contributed by atoms with Gasteiger partial charge in [-0.25, -0.2) is 14.2 Å². The number of aromatic nitrogens is 1. The molecule has 0 radical (unpaired) electrons. The monoisotopic (exact) mass is 447 g/mol. The summed E-state index contributed by atoms with van der Waals surface area (Å²) in [5.41, 5.74) is 11.7. The number of benzene rings is 1. The van der Waals surface area contributed by atoms with Crippen LogP contribution in [0, 0.1) is 15.9 Å². The first-order chi connectivity index (χ1) is 15.1. The summed E-state index contributed by atoms with van der Waals surface area (Å²) in [5, 5.41) is 11.2. The van der Waals surface area contributed by atoms with E-state index in [9.17, 15) is 19.3 Å². The first kappa shape index (κ1) is 21.4. The van der Waals surface area contributed by atoms with E-state index >= 15 is 0 Å². The number of rotatable bonds is 5. The molecule has 2 aliphatic rings. The summed E-state index contributed by atoms with van der Waals surface area (Å²) < 4.78 is 31.0. The van der Waals surface area contributed by atoms with Gasteiger partial charge in [0.25, 0.3) is 0 Å². The number of primary amides is 1. The molecule has 12 heteroatoms. The second-order valence-corrected chi connectivity index (χ2v) is 7.82. The summed E-state index contributed by atoms with van der Waals surface area (Å²) in [6, 6.07) is 3.80. The summed E-state index contributed by atoms with van der Waals surface area (Å²) in [4.78, 5) is 27.6. The van der Waals surface area contributed by atoms with Crippen molar-refractivity contribution in [3.8, 4) is 11.5 Å². The minimum atomic E-state index is -0.917. The Kier molecular flexibility index (Phi) is 5.36. The maximum Gasteiger partial charge on any atom is 0.404 e. The van der Waals surface area contributed by atoms with Crippen molar-refractivity contribution in [3.05, 3.63) is 45.3 Å². The SMILES string of the molecule is C[C@@H]1COc2cc([N+](=O)[O-])c(N)nc2N1Cc1cc(F)cc2c1OC([C@@H](C)OC(N)=O)C2. The van der Waals surface area contributed by atoms with E-state index in [0.717, 1.165) is 0 Å². The Morgan fingerprint density at radius 2 is 2.22 bits per heavy atom. The lowest BCUT2D eigenvalue weighted by Gasteiger charge is -2.36. The normalized spacial score (nSPS) is 19.9. The minimum absolute atomic E-state index is 0.177. The van der Waals surface area contributed by atoms with E-state index in [2.05, 4.69) is 4.98 Å². The molecule has 0 saturated heterocycles. The fourth-order valence-electron chi connectivity index (χ4n) is 3.93. The lowest BCUT2D eigenvalue weighted by molar-refractivity contribution is -0.384. The van der Waals surface area contributed by atoms with E-state index in [-0.39, 0.29) is 36.4 Å². The van der Waals surface area contributed by atoms with Gasteiger partial charge in [-0.3, -0.25) is 10.1 Å². The topological polar surface area (TPSA) is 156 Å². The molecule has 170 valence electrons. The van der Waals surface area contributed by atoms with Gasteiger partial charge < -0.3 is 30.6 Å².